The van der Waals surface area contributed by atoms with Gasteiger partial charge in [0.2, 0.25) is 5.91 Å². The minimum atomic E-state index is -0.808. The van der Waals surface area contributed by atoms with Crippen LogP contribution in [-0.2, 0) is 16.8 Å². The molecule has 0 saturated heterocycles. The van der Waals surface area contributed by atoms with Crippen molar-refractivity contribution in [2.75, 3.05) is 19.8 Å². The summed E-state index contributed by atoms with van der Waals surface area (Å²) in [6.45, 7) is 4.43. The lowest BCUT2D eigenvalue weighted by atomic mass is 9.87. The van der Waals surface area contributed by atoms with Crippen molar-refractivity contribution in [1.29, 1.82) is 0 Å². The molecule has 0 atom stereocenters. The molecule has 4 aromatic rings. The molecule has 3 heterocycles. The Morgan fingerprint density at radius 2 is 1.79 bits per heavy atom. The molecule has 0 saturated carbocycles. The lowest BCUT2D eigenvalue weighted by Gasteiger charge is -2.22. The Morgan fingerprint density at radius 3 is 2.50 bits per heavy atom. The molecule has 0 radical (unpaired) electrons. The number of nitrogens with zero attached hydrogens (tertiary/aromatic N) is 4. The van der Waals surface area contributed by atoms with Gasteiger partial charge in [-0.3, -0.25) is 9.78 Å². The fourth-order valence-electron chi connectivity index (χ4n) is 3.60. The number of nitrogens with two attached hydrogens (primary N) is 1. The molecule has 0 bridgehead atoms. The highest BCUT2D eigenvalue weighted by Crippen LogP contribution is 2.31. The second-order valence-corrected chi connectivity index (χ2v) is 8.43. The van der Waals surface area contributed by atoms with Gasteiger partial charge in [0.15, 0.2) is 17.3 Å². The van der Waals surface area contributed by atoms with E-state index in [2.05, 4.69) is 30.7 Å². The Labute approximate surface area is 197 Å². The average molecular weight is 458 g/mol. The predicted molar refractivity (Wildman–Crippen MR) is 130 cm³/mol. The monoisotopic (exact) mass is 457 g/mol. The number of nitrogens with one attached hydrogen (secondary N) is 2. The van der Waals surface area contributed by atoms with Crippen molar-refractivity contribution in [3.63, 3.8) is 0 Å². The van der Waals surface area contributed by atoms with E-state index < -0.39 is 5.41 Å². The fourth-order valence-corrected chi connectivity index (χ4v) is 3.60. The van der Waals surface area contributed by atoms with Crippen LogP contribution in [0.15, 0.2) is 59.4 Å². The highest BCUT2D eigenvalue weighted by molar-refractivity contribution is 5.87. The molecule has 0 spiro atoms. The molecular weight excluding hydrogens is 430 g/mol. The maximum absolute atomic E-state index is 12.3. The van der Waals surface area contributed by atoms with Gasteiger partial charge in [0, 0.05) is 37.0 Å². The van der Waals surface area contributed by atoms with Crippen LogP contribution >= 0.6 is 0 Å². The molecule has 9 heteroatoms. The molecule has 0 unspecified atom stereocenters. The Hall–Kier alpha value is -4.11. The molecule has 174 valence electrons. The quantitative estimate of drug-likeness (QED) is 0.385. The van der Waals surface area contributed by atoms with Gasteiger partial charge in [-0.05, 0) is 38.6 Å². The number of carbonyl (C=O) groups excluding carboxylic acids is 1. The van der Waals surface area contributed by atoms with Gasteiger partial charge in [0.25, 0.3) is 0 Å². The van der Waals surface area contributed by atoms with E-state index >= 15 is 0 Å². The second-order valence-electron chi connectivity index (χ2n) is 8.43. The van der Waals surface area contributed by atoms with Crippen molar-refractivity contribution in [2.24, 2.45) is 0 Å². The lowest BCUT2D eigenvalue weighted by molar-refractivity contribution is -0.125. The molecule has 1 amide bonds. The van der Waals surface area contributed by atoms with Gasteiger partial charge >= 0.3 is 0 Å². The number of nitrogen functional groups attached to an aromatic ring is 1. The maximum Gasteiger partial charge on any atom is 0.231 e. The van der Waals surface area contributed by atoms with E-state index in [9.17, 15) is 4.79 Å². The number of aromatic nitrogens is 4. The van der Waals surface area contributed by atoms with Crippen molar-refractivity contribution >= 4 is 11.7 Å². The summed E-state index contributed by atoms with van der Waals surface area (Å²) in [6, 6.07) is 13.5. The fraction of sp³-hybridized carbons (Fsp3) is 0.240. The van der Waals surface area contributed by atoms with E-state index in [1.165, 1.54) is 5.56 Å². The Balaban J connectivity index is 1.67. The smallest absolute Gasteiger partial charge is 0.231 e. The van der Waals surface area contributed by atoms with Crippen molar-refractivity contribution in [2.45, 2.75) is 25.8 Å². The summed E-state index contributed by atoms with van der Waals surface area (Å²) in [5.41, 5.74) is 10.4. The number of anilines is 1. The van der Waals surface area contributed by atoms with Crippen LogP contribution in [0, 0.1) is 0 Å². The molecule has 0 aliphatic carbocycles. The average Bonchev–Trinajstić information content (AvgIpc) is 3.34. The normalized spacial score (nSPS) is 11.4. The molecule has 0 fully saturated rings. The molecule has 0 aliphatic rings. The van der Waals surface area contributed by atoms with E-state index in [0.29, 0.717) is 28.5 Å². The topological polar surface area (TPSA) is 132 Å². The second kappa shape index (κ2) is 9.40. The zero-order chi connectivity index (χ0) is 24.3. The van der Waals surface area contributed by atoms with E-state index in [-0.39, 0.29) is 11.7 Å². The third-order valence-electron chi connectivity index (χ3n) is 5.67. The van der Waals surface area contributed by atoms with Gasteiger partial charge in [0.1, 0.15) is 5.69 Å². The number of amides is 1. The third-order valence-corrected chi connectivity index (χ3v) is 5.67. The third kappa shape index (κ3) is 4.51. The molecule has 4 rings (SSSR count). The van der Waals surface area contributed by atoms with E-state index in [1.54, 1.807) is 25.5 Å². The van der Waals surface area contributed by atoms with E-state index in [0.717, 1.165) is 17.7 Å². The summed E-state index contributed by atoms with van der Waals surface area (Å²) in [5.74, 6) is 0.520. The zero-order valence-electron chi connectivity index (χ0n) is 19.6. The van der Waals surface area contributed by atoms with Crippen LogP contribution in [0.1, 0.15) is 25.1 Å². The van der Waals surface area contributed by atoms with Gasteiger partial charge in [-0.15, -0.1) is 0 Å². The van der Waals surface area contributed by atoms with Crippen molar-refractivity contribution in [3.8, 4) is 34.0 Å². The number of benzene rings is 1. The highest BCUT2D eigenvalue weighted by atomic mass is 16.5. The summed E-state index contributed by atoms with van der Waals surface area (Å²) in [6.07, 6.45) is 3.24. The highest BCUT2D eigenvalue weighted by Gasteiger charge is 2.30. The van der Waals surface area contributed by atoms with Crippen LogP contribution < -0.4 is 16.4 Å². The number of rotatable bonds is 7. The summed E-state index contributed by atoms with van der Waals surface area (Å²) in [5, 5.41) is 10.00. The summed E-state index contributed by atoms with van der Waals surface area (Å²) < 4.78 is 5.57. The van der Waals surface area contributed by atoms with Gasteiger partial charge in [-0.1, -0.05) is 29.4 Å². The van der Waals surface area contributed by atoms with E-state index in [1.807, 2.05) is 57.3 Å². The Kier molecular flexibility index (Phi) is 6.38. The SMILES string of the molecule is CNCc1ccc(-c2cc(-c3nc(-c4ccnc(C(C)(C)C(=O)NC)c4)cnc3N)on2)cc1. The van der Waals surface area contributed by atoms with Gasteiger partial charge in [-0.25, -0.2) is 9.97 Å². The molecular formula is C25H27N7O2. The maximum atomic E-state index is 12.3. The van der Waals surface area contributed by atoms with E-state index in [4.69, 9.17) is 10.3 Å². The number of likely N-dealkylation sites (N-methyl/N-ethyl adjacent to an activating group) is 1. The number of hydrogen-bond acceptors (Lipinski definition) is 8. The minimum Gasteiger partial charge on any atom is -0.382 e. The zero-order valence-corrected chi connectivity index (χ0v) is 19.6. The Morgan fingerprint density at radius 1 is 1.03 bits per heavy atom. The predicted octanol–water partition coefficient (Wildman–Crippen LogP) is 3.19. The standard InChI is InChI=1S/C25H27N7O2/c1-25(2,24(33)28-4)21-11-17(9-10-29-21)19-14-30-23(26)22(31-19)20-12-18(32-34-20)16-7-5-15(6-8-16)13-27-3/h5-12,14,27H,13H2,1-4H3,(H2,26,30)(H,28,33). The van der Waals surface area contributed by atoms with Crippen molar-refractivity contribution in [1.82, 2.24) is 30.7 Å². The minimum absolute atomic E-state index is 0.130. The molecule has 34 heavy (non-hydrogen) atoms. The van der Waals surface area contributed by atoms with Crippen LogP contribution in [0.4, 0.5) is 5.82 Å². The van der Waals surface area contributed by atoms with Crippen molar-refractivity contribution in [3.05, 3.63) is 66.1 Å². The van der Waals surface area contributed by atoms with Gasteiger partial charge in [-0.2, -0.15) is 0 Å². The van der Waals surface area contributed by atoms with Gasteiger partial charge in [0.05, 0.1) is 23.0 Å². The first kappa shape index (κ1) is 23.1. The van der Waals surface area contributed by atoms with Crippen LogP contribution in [-0.4, -0.2) is 40.1 Å². The molecule has 9 nitrogen and oxygen atoms in total. The number of pyridine rings is 1. The van der Waals surface area contributed by atoms with Crippen LogP contribution in [0.2, 0.25) is 0 Å². The molecule has 3 aromatic heterocycles. The summed E-state index contributed by atoms with van der Waals surface area (Å²) >= 11 is 0. The number of carbonyl (C=O) groups is 1. The molecule has 1 aromatic carbocycles. The van der Waals surface area contributed by atoms with Crippen molar-refractivity contribution < 1.29 is 9.32 Å². The Bertz CT molecular complexity index is 1310. The largest absolute Gasteiger partial charge is 0.382 e. The van der Waals surface area contributed by atoms with Crippen LogP contribution in [0.3, 0.4) is 0 Å². The van der Waals surface area contributed by atoms with Gasteiger partial charge < -0.3 is 20.9 Å². The molecule has 0 aliphatic heterocycles. The van der Waals surface area contributed by atoms with Crippen LogP contribution in [0.25, 0.3) is 34.0 Å². The lowest BCUT2D eigenvalue weighted by Crippen LogP contribution is -2.38. The summed E-state index contributed by atoms with van der Waals surface area (Å²) in [7, 11) is 3.51. The first-order valence-electron chi connectivity index (χ1n) is 10.9. The van der Waals surface area contributed by atoms with Crippen LogP contribution in [0.5, 0.6) is 0 Å². The molecule has 4 N–H and O–H groups in total. The summed E-state index contributed by atoms with van der Waals surface area (Å²) in [4.78, 5) is 25.7. The number of hydrogen-bond donors (Lipinski definition) is 3. The first-order chi connectivity index (χ1) is 16.3. The first-order valence-corrected chi connectivity index (χ1v) is 10.9.